The number of unbranched alkanes of at least 4 members (excludes halogenated alkanes) is 4. The van der Waals surface area contributed by atoms with Crippen molar-refractivity contribution in [2.45, 2.75) is 101 Å². The summed E-state index contributed by atoms with van der Waals surface area (Å²) in [7, 11) is -0.976. The van der Waals surface area contributed by atoms with Crippen molar-refractivity contribution in [2.75, 3.05) is 0 Å². The molecule has 174 valence electrons. The first-order valence-corrected chi connectivity index (χ1v) is 16.3. The van der Waals surface area contributed by atoms with Gasteiger partial charge in [0.2, 0.25) is 0 Å². The van der Waals surface area contributed by atoms with Crippen LogP contribution in [-0.4, -0.2) is 8.07 Å². The molecule has 0 bridgehead atoms. The summed E-state index contributed by atoms with van der Waals surface area (Å²) in [5.74, 6) is 1.42. The summed E-state index contributed by atoms with van der Waals surface area (Å²) in [4.78, 5) is 0. The summed E-state index contributed by atoms with van der Waals surface area (Å²) >= 11 is 5.83. The lowest BCUT2D eigenvalue weighted by Gasteiger charge is -2.43. The maximum atomic E-state index is 13.8. The van der Waals surface area contributed by atoms with Gasteiger partial charge in [0, 0.05) is 0 Å². The molecule has 0 aromatic heterocycles. The predicted molar refractivity (Wildman–Crippen MR) is 140 cm³/mol. The second kappa shape index (κ2) is 11.3. The van der Waals surface area contributed by atoms with Gasteiger partial charge < -0.3 is 0 Å². The quantitative estimate of drug-likeness (QED) is 0.266. The van der Waals surface area contributed by atoms with Gasteiger partial charge in [-0.2, -0.15) is 0 Å². The Kier molecular flexibility index (Phi) is 8.51. The van der Waals surface area contributed by atoms with Crippen molar-refractivity contribution in [2.24, 2.45) is 5.92 Å². The van der Waals surface area contributed by atoms with Crippen LogP contribution in [0.15, 0.2) is 42.5 Å². The highest BCUT2D eigenvalue weighted by atomic mass is 35.5. The van der Waals surface area contributed by atoms with E-state index >= 15 is 0 Å². The van der Waals surface area contributed by atoms with E-state index in [9.17, 15) is 4.39 Å². The van der Waals surface area contributed by atoms with Crippen molar-refractivity contribution >= 4 is 19.7 Å². The average Bonchev–Trinajstić information content (AvgIpc) is 2.83. The largest absolute Gasteiger partial charge is 0.205 e. The lowest BCUT2D eigenvalue weighted by Crippen LogP contribution is -2.41. The van der Waals surface area contributed by atoms with Crippen LogP contribution in [0.1, 0.15) is 82.6 Å². The molecule has 1 spiro atoms. The second-order valence-electron chi connectivity index (χ2n) is 10.7. The first-order chi connectivity index (χ1) is 15.6. The van der Waals surface area contributed by atoms with Crippen LogP contribution in [0.2, 0.25) is 29.2 Å². The van der Waals surface area contributed by atoms with Crippen molar-refractivity contribution < 1.29 is 4.39 Å². The lowest BCUT2D eigenvalue weighted by molar-refractivity contribution is 0.404. The highest BCUT2D eigenvalue weighted by Crippen LogP contribution is 2.47. The molecule has 0 amide bonds. The van der Waals surface area contributed by atoms with Gasteiger partial charge in [-0.3, -0.25) is 0 Å². The molecule has 0 N–H and O–H groups in total. The molecule has 2 aliphatic rings. The molecule has 0 nitrogen and oxygen atoms in total. The number of hydrogen-bond donors (Lipinski definition) is 0. The predicted octanol–water partition coefficient (Wildman–Crippen LogP) is 10.2. The summed E-state index contributed by atoms with van der Waals surface area (Å²) < 4.78 is 13.8. The van der Waals surface area contributed by atoms with Crippen molar-refractivity contribution in [1.29, 1.82) is 0 Å². The Morgan fingerprint density at radius 3 is 2.09 bits per heavy atom. The van der Waals surface area contributed by atoms with Crippen molar-refractivity contribution in [3.05, 3.63) is 58.9 Å². The highest BCUT2D eigenvalue weighted by molar-refractivity contribution is 6.80. The SMILES string of the molecule is CCCCCCCC1CC[Si]2(CC1)CCC(c1ccc(-c3ccc(Cl)c(F)c3)cc1)CC2. The molecule has 0 atom stereocenters. The van der Waals surface area contributed by atoms with E-state index < -0.39 is 8.07 Å². The van der Waals surface area contributed by atoms with Crippen molar-refractivity contribution in [3.63, 3.8) is 0 Å². The van der Waals surface area contributed by atoms with Gasteiger partial charge in [-0.15, -0.1) is 0 Å². The second-order valence-corrected chi connectivity index (χ2v) is 16.1. The van der Waals surface area contributed by atoms with Crippen LogP contribution in [0.4, 0.5) is 4.39 Å². The fraction of sp³-hybridized carbons (Fsp3) is 0.586. The van der Waals surface area contributed by atoms with Crippen LogP contribution in [0.25, 0.3) is 11.1 Å². The zero-order valence-electron chi connectivity index (χ0n) is 19.9. The van der Waals surface area contributed by atoms with Gasteiger partial charge in [-0.1, -0.05) is 124 Å². The molecule has 2 fully saturated rings. The van der Waals surface area contributed by atoms with Gasteiger partial charge in [-0.25, -0.2) is 4.39 Å². The summed E-state index contributed by atoms with van der Waals surface area (Å²) in [5.41, 5.74) is 3.45. The molecular formula is C29H40ClFSi. The van der Waals surface area contributed by atoms with Gasteiger partial charge in [-0.05, 0) is 53.5 Å². The van der Waals surface area contributed by atoms with Crippen LogP contribution < -0.4 is 0 Å². The van der Waals surface area contributed by atoms with E-state index in [1.165, 1.54) is 75.8 Å². The van der Waals surface area contributed by atoms with E-state index in [0.717, 1.165) is 23.0 Å². The molecular weight excluding hydrogens is 431 g/mol. The Labute approximate surface area is 201 Å². The maximum absolute atomic E-state index is 13.8. The molecule has 4 rings (SSSR count). The smallest absolute Gasteiger partial charge is 0.142 e. The lowest BCUT2D eigenvalue weighted by atomic mass is 9.92. The maximum Gasteiger partial charge on any atom is 0.142 e. The summed E-state index contributed by atoms with van der Waals surface area (Å²) in [6.07, 6.45) is 14.5. The molecule has 0 aliphatic carbocycles. The van der Waals surface area contributed by atoms with E-state index in [1.54, 1.807) is 30.2 Å². The normalized spacial score (nSPS) is 25.8. The van der Waals surface area contributed by atoms with Gasteiger partial charge in [0.15, 0.2) is 0 Å². The Balaban J connectivity index is 1.25. The molecule has 0 radical (unpaired) electrons. The zero-order valence-corrected chi connectivity index (χ0v) is 21.6. The van der Waals surface area contributed by atoms with Crippen molar-refractivity contribution in [3.8, 4) is 11.1 Å². The average molecular weight is 471 g/mol. The molecule has 2 aliphatic heterocycles. The van der Waals surface area contributed by atoms with E-state index in [-0.39, 0.29) is 10.8 Å². The molecule has 2 heterocycles. The molecule has 2 aromatic rings. The highest BCUT2D eigenvalue weighted by Gasteiger charge is 2.40. The van der Waals surface area contributed by atoms with E-state index in [4.69, 9.17) is 11.6 Å². The number of hydrogen-bond acceptors (Lipinski definition) is 0. The molecule has 2 saturated heterocycles. The summed E-state index contributed by atoms with van der Waals surface area (Å²) in [6, 6.07) is 20.3. The fourth-order valence-electron chi connectivity index (χ4n) is 6.30. The van der Waals surface area contributed by atoms with Crippen molar-refractivity contribution in [1.82, 2.24) is 0 Å². The molecule has 0 unspecified atom stereocenters. The van der Waals surface area contributed by atoms with Crippen LogP contribution in [0.3, 0.4) is 0 Å². The molecule has 0 saturated carbocycles. The third kappa shape index (κ3) is 6.06. The van der Waals surface area contributed by atoms with Gasteiger partial charge >= 0.3 is 0 Å². The molecule has 32 heavy (non-hydrogen) atoms. The van der Waals surface area contributed by atoms with Crippen LogP contribution in [0.5, 0.6) is 0 Å². The minimum Gasteiger partial charge on any atom is -0.205 e. The van der Waals surface area contributed by atoms with Crippen LogP contribution in [-0.2, 0) is 0 Å². The van der Waals surface area contributed by atoms with Gasteiger partial charge in [0.1, 0.15) is 5.82 Å². The number of benzene rings is 2. The number of halogens is 2. The molecule has 2 aromatic carbocycles. The van der Waals surface area contributed by atoms with Crippen LogP contribution in [0, 0.1) is 11.7 Å². The minimum atomic E-state index is -0.976. The zero-order chi connectivity index (χ0) is 22.4. The Hall–Kier alpha value is -1.12. The van der Waals surface area contributed by atoms with Gasteiger partial charge in [0.05, 0.1) is 13.1 Å². The minimum absolute atomic E-state index is 0.187. The third-order valence-electron chi connectivity index (χ3n) is 8.56. The van der Waals surface area contributed by atoms with E-state index in [2.05, 4.69) is 31.2 Å². The Morgan fingerprint density at radius 1 is 0.812 bits per heavy atom. The Bertz CT molecular complexity index is 844. The topological polar surface area (TPSA) is 0 Å². The van der Waals surface area contributed by atoms with E-state index in [1.807, 2.05) is 6.07 Å². The monoisotopic (exact) mass is 470 g/mol. The third-order valence-corrected chi connectivity index (χ3v) is 14.3. The molecule has 3 heteroatoms. The standard InChI is InChI=1S/C29H40ClFSi/c1-2-3-4-5-6-7-23-14-18-32(19-15-23)20-16-26(17-21-32)24-8-10-25(11-9-24)27-12-13-28(30)29(31)22-27/h8-13,22-23,26H,2-7,14-21H2,1H3. The number of rotatable bonds is 8. The summed E-state index contributed by atoms with van der Waals surface area (Å²) in [5, 5.41) is 0.187. The first-order valence-electron chi connectivity index (χ1n) is 13.1. The summed E-state index contributed by atoms with van der Waals surface area (Å²) in [6.45, 7) is 2.30. The van der Waals surface area contributed by atoms with E-state index in [0.29, 0.717) is 0 Å². The first kappa shape index (κ1) is 24.0. The van der Waals surface area contributed by atoms with Gasteiger partial charge in [0.25, 0.3) is 0 Å². The Morgan fingerprint density at radius 2 is 1.44 bits per heavy atom. The van der Waals surface area contributed by atoms with Crippen LogP contribution >= 0.6 is 11.6 Å². The fourth-order valence-corrected chi connectivity index (χ4v) is 11.9.